The molecule has 1 heterocycles. The molecule has 0 N–H and O–H groups in total. The summed E-state index contributed by atoms with van der Waals surface area (Å²) >= 11 is 0. The fourth-order valence-electron chi connectivity index (χ4n) is 1.88. The molecule has 0 aromatic heterocycles. The zero-order chi connectivity index (χ0) is 12.1. The highest BCUT2D eigenvalue weighted by Crippen LogP contribution is 2.32. The fourth-order valence-corrected chi connectivity index (χ4v) is 1.88. The van der Waals surface area contributed by atoms with Gasteiger partial charge in [0.25, 0.3) is 0 Å². The second kappa shape index (κ2) is 5.71. The molecule has 0 bridgehead atoms. The lowest BCUT2D eigenvalue weighted by Gasteiger charge is -2.02. The van der Waals surface area contributed by atoms with Gasteiger partial charge in [0.15, 0.2) is 11.5 Å². The monoisotopic (exact) mass is 234 g/mol. The zero-order valence-electron chi connectivity index (χ0n) is 10.2. The van der Waals surface area contributed by atoms with E-state index in [1.807, 2.05) is 18.2 Å². The summed E-state index contributed by atoms with van der Waals surface area (Å²) in [5, 5.41) is 0. The van der Waals surface area contributed by atoms with Gasteiger partial charge in [-0.1, -0.05) is 19.4 Å². The molecule has 0 atom stereocenters. The topological polar surface area (TPSA) is 35.5 Å². The van der Waals surface area contributed by atoms with Crippen LogP contribution in [0.3, 0.4) is 0 Å². The normalized spacial score (nSPS) is 12.8. The molecule has 92 valence electrons. The quantitative estimate of drug-likeness (QED) is 0.758. The lowest BCUT2D eigenvalue weighted by Crippen LogP contribution is -1.99. The van der Waals surface area contributed by atoms with E-state index in [1.165, 1.54) is 0 Å². The Hall–Kier alpha value is -1.51. The number of ketones is 1. The molecular formula is C14H18O3. The van der Waals surface area contributed by atoms with Crippen molar-refractivity contribution in [2.24, 2.45) is 0 Å². The van der Waals surface area contributed by atoms with E-state index >= 15 is 0 Å². The third-order valence-corrected chi connectivity index (χ3v) is 2.94. The smallest absolute Gasteiger partial charge is 0.231 e. The van der Waals surface area contributed by atoms with E-state index in [9.17, 15) is 4.79 Å². The summed E-state index contributed by atoms with van der Waals surface area (Å²) in [5.74, 6) is 1.94. The Balaban J connectivity index is 1.85. The van der Waals surface area contributed by atoms with Crippen LogP contribution in [0, 0.1) is 0 Å². The number of unbranched alkanes of at least 4 members (excludes halogenated alkanes) is 1. The number of Topliss-reactive ketones (excluding diaryl/α,β-unsaturated/α-hetero) is 1. The van der Waals surface area contributed by atoms with E-state index in [0.29, 0.717) is 25.4 Å². The van der Waals surface area contributed by atoms with Crippen LogP contribution < -0.4 is 9.47 Å². The molecule has 1 aromatic rings. The highest BCUT2D eigenvalue weighted by Gasteiger charge is 2.13. The van der Waals surface area contributed by atoms with Gasteiger partial charge < -0.3 is 9.47 Å². The van der Waals surface area contributed by atoms with Crippen LogP contribution in [0.1, 0.15) is 38.2 Å². The first kappa shape index (κ1) is 12.0. The molecule has 1 aliphatic heterocycles. The first-order chi connectivity index (χ1) is 8.29. The summed E-state index contributed by atoms with van der Waals surface area (Å²) in [6.07, 6.45) is 4.20. The number of fused-ring (bicyclic) bond motifs is 1. The predicted octanol–water partition coefficient (Wildman–Crippen LogP) is 3.11. The Morgan fingerprint density at radius 3 is 2.88 bits per heavy atom. The van der Waals surface area contributed by atoms with Gasteiger partial charge in [0, 0.05) is 12.8 Å². The minimum Gasteiger partial charge on any atom is -0.454 e. The van der Waals surface area contributed by atoms with Crippen molar-refractivity contribution in [1.82, 2.24) is 0 Å². The molecule has 0 saturated heterocycles. The largest absolute Gasteiger partial charge is 0.454 e. The van der Waals surface area contributed by atoms with Crippen LogP contribution in [-0.4, -0.2) is 12.6 Å². The third-order valence-electron chi connectivity index (χ3n) is 2.94. The molecule has 0 fully saturated rings. The van der Waals surface area contributed by atoms with E-state index in [0.717, 1.165) is 36.3 Å². The van der Waals surface area contributed by atoms with Crippen LogP contribution in [-0.2, 0) is 11.2 Å². The van der Waals surface area contributed by atoms with E-state index in [2.05, 4.69) is 6.92 Å². The first-order valence-electron chi connectivity index (χ1n) is 6.20. The molecule has 0 spiro atoms. The molecule has 17 heavy (non-hydrogen) atoms. The number of carbonyl (C=O) groups excluding carboxylic acids is 1. The predicted molar refractivity (Wildman–Crippen MR) is 65.4 cm³/mol. The molecule has 0 amide bonds. The Kier molecular flexibility index (Phi) is 4.02. The summed E-state index contributed by atoms with van der Waals surface area (Å²) in [7, 11) is 0. The van der Waals surface area contributed by atoms with Crippen molar-refractivity contribution >= 4 is 5.78 Å². The van der Waals surface area contributed by atoms with Gasteiger partial charge in [-0.2, -0.15) is 0 Å². The van der Waals surface area contributed by atoms with Gasteiger partial charge in [0.1, 0.15) is 5.78 Å². The Bertz CT molecular complexity index is 398. The van der Waals surface area contributed by atoms with Crippen LogP contribution >= 0.6 is 0 Å². The van der Waals surface area contributed by atoms with Gasteiger partial charge in [-0.05, 0) is 30.5 Å². The van der Waals surface area contributed by atoms with Gasteiger partial charge in [0.05, 0.1) is 0 Å². The van der Waals surface area contributed by atoms with Crippen molar-refractivity contribution in [2.45, 2.75) is 39.0 Å². The van der Waals surface area contributed by atoms with E-state index in [4.69, 9.17) is 9.47 Å². The highest BCUT2D eigenvalue weighted by atomic mass is 16.7. The van der Waals surface area contributed by atoms with Gasteiger partial charge in [-0.15, -0.1) is 0 Å². The van der Waals surface area contributed by atoms with Gasteiger partial charge in [-0.3, -0.25) is 4.79 Å². The summed E-state index contributed by atoms with van der Waals surface area (Å²) in [4.78, 5) is 11.6. The zero-order valence-corrected chi connectivity index (χ0v) is 10.2. The van der Waals surface area contributed by atoms with Crippen molar-refractivity contribution in [1.29, 1.82) is 0 Å². The van der Waals surface area contributed by atoms with Crippen molar-refractivity contribution in [3.63, 3.8) is 0 Å². The average molecular weight is 234 g/mol. The summed E-state index contributed by atoms with van der Waals surface area (Å²) < 4.78 is 10.5. The molecule has 0 radical (unpaired) electrons. The maximum atomic E-state index is 11.6. The number of aryl methyl sites for hydroxylation is 1. The maximum absolute atomic E-state index is 11.6. The lowest BCUT2D eigenvalue weighted by atomic mass is 10.0. The molecule has 2 rings (SSSR count). The first-order valence-corrected chi connectivity index (χ1v) is 6.20. The second-order valence-corrected chi connectivity index (χ2v) is 4.33. The van der Waals surface area contributed by atoms with Gasteiger partial charge in [-0.25, -0.2) is 0 Å². The SMILES string of the molecule is CCCCC(=O)CCc1ccc2c(c1)OCO2. The van der Waals surface area contributed by atoms with Crippen LogP contribution in [0.15, 0.2) is 18.2 Å². The van der Waals surface area contributed by atoms with Crippen molar-refractivity contribution in [3.8, 4) is 11.5 Å². The average Bonchev–Trinajstić information content (AvgIpc) is 2.81. The van der Waals surface area contributed by atoms with E-state index in [1.54, 1.807) is 0 Å². The molecule has 3 heteroatoms. The maximum Gasteiger partial charge on any atom is 0.231 e. The number of carbonyl (C=O) groups is 1. The lowest BCUT2D eigenvalue weighted by molar-refractivity contribution is -0.119. The van der Waals surface area contributed by atoms with Gasteiger partial charge in [0.2, 0.25) is 6.79 Å². The second-order valence-electron chi connectivity index (χ2n) is 4.33. The molecule has 0 saturated carbocycles. The van der Waals surface area contributed by atoms with Crippen LogP contribution in [0.4, 0.5) is 0 Å². The molecule has 1 aromatic carbocycles. The van der Waals surface area contributed by atoms with Crippen molar-refractivity contribution < 1.29 is 14.3 Å². The summed E-state index contributed by atoms with van der Waals surface area (Å²) in [5.41, 5.74) is 1.14. The van der Waals surface area contributed by atoms with Crippen LogP contribution in [0.2, 0.25) is 0 Å². The Morgan fingerprint density at radius 2 is 2.06 bits per heavy atom. The van der Waals surface area contributed by atoms with Crippen molar-refractivity contribution in [3.05, 3.63) is 23.8 Å². The number of hydrogen-bond donors (Lipinski definition) is 0. The standard InChI is InChI=1S/C14H18O3/c1-2-3-4-12(15)7-5-11-6-8-13-14(9-11)17-10-16-13/h6,8-9H,2-5,7,10H2,1H3. The minimum absolute atomic E-state index is 0.300. The molecule has 1 aliphatic rings. The molecule has 0 aliphatic carbocycles. The minimum atomic E-state index is 0.300. The van der Waals surface area contributed by atoms with Crippen LogP contribution in [0.25, 0.3) is 0 Å². The number of ether oxygens (including phenoxy) is 2. The van der Waals surface area contributed by atoms with Crippen molar-refractivity contribution in [2.75, 3.05) is 6.79 Å². The Morgan fingerprint density at radius 1 is 1.24 bits per heavy atom. The summed E-state index contributed by atoms with van der Waals surface area (Å²) in [6.45, 7) is 2.40. The van der Waals surface area contributed by atoms with E-state index < -0.39 is 0 Å². The van der Waals surface area contributed by atoms with E-state index in [-0.39, 0.29) is 0 Å². The third kappa shape index (κ3) is 3.22. The molecule has 3 nitrogen and oxygen atoms in total. The van der Waals surface area contributed by atoms with Crippen LogP contribution in [0.5, 0.6) is 11.5 Å². The fraction of sp³-hybridized carbons (Fsp3) is 0.500. The number of rotatable bonds is 6. The molecule has 0 unspecified atom stereocenters. The number of benzene rings is 1. The Labute approximate surface area is 102 Å². The van der Waals surface area contributed by atoms with Gasteiger partial charge >= 0.3 is 0 Å². The molecular weight excluding hydrogens is 216 g/mol. The highest BCUT2D eigenvalue weighted by molar-refractivity contribution is 5.78. The number of hydrogen-bond acceptors (Lipinski definition) is 3. The summed E-state index contributed by atoms with van der Waals surface area (Å²) in [6, 6.07) is 5.88.